The second-order valence-electron chi connectivity index (χ2n) is 4.34. The summed E-state index contributed by atoms with van der Waals surface area (Å²) in [6.07, 6.45) is -4.53. The molecule has 0 heterocycles. The SMILES string of the molecule is Cc1c(F)cccc1Nc1ccc(N)c(C(F)(F)F)c1. The number of nitrogens with two attached hydrogens (primary N) is 1. The van der Waals surface area contributed by atoms with Gasteiger partial charge < -0.3 is 11.1 Å². The van der Waals surface area contributed by atoms with Crippen LogP contribution in [0.25, 0.3) is 0 Å². The molecule has 2 aromatic rings. The molecule has 6 heteroatoms. The summed E-state index contributed by atoms with van der Waals surface area (Å²) in [5.41, 5.74) is 4.98. The first kappa shape index (κ1) is 14.2. The van der Waals surface area contributed by atoms with E-state index in [4.69, 9.17) is 5.73 Å². The zero-order valence-electron chi connectivity index (χ0n) is 10.6. The summed E-state index contributed by atoms with van der Waals surface area (Å²) in [6, 6.07) is 7.83. The van der Waals surface area contributed by atoms with Gasteiger partial charge in [0.15, 0.2) is 0 Å². The Morgan fingerprint density at radius 3 is 2.45 bits per heavy atom. The number of anilines is 3. The Morgan fingerprint density at radius 1 is 1.10 bits per heavy atom. The second kappa shape index (κ2) is 5.03. The number of benzene rings is 2. The molecular formula is C14H12F4N2. The van der Waals surface area contributed by atoms with E-state index in [1.807, 2.05) is 0 Å². The van der Waals surface area contributed by atoms with Gasteiger partial charge in [0.2, 0.25) is 0 Å². The van der Waals surface area contributed by atoms with Crippen LogP contribution in [0.3, 0.4) is 0 Å². The zero-order chi connectivity index (χ0) is 14.9. The van der Waals surface area contributed by atoms with Crippen LogP contribution in [0.1, 0.15) is 11.1 Å². The molecule has 0 fully saturated rings. The third-order valence-corrected chi connectivity index (χ3v) is 2.91. The minimum atomic E-state index is -4.53. The lowest BCUT2D eigenvalue weighted by molar-refractivity contribution is -0.136. The first-order chi connectivity index (χ1) is 9.29. The second-order valence-corrected chi connectivity index (χ2v) is 4.34. The van der Waals surface area contributed by atoms with Crippen molar-refractivity contribution in [1.29, 1.82) is 0 Å². The number of rotatable bonds is 2. The summed E-state index contributed by atoms with van der Waals surface area (Å²) < 4.78 is 51.6. The van der Waals surface area contributed by atoms with Gasteiger partial charge in [-0.05, 0) is 37.3 Å². The van der Waals surface area contributed by atoms with Gasteiger partial charge in [0.1, 0.15) is 5.82 Å². The van der Waals surface area contributed by atoms with Crippen molar-refractivity contribution < 1.29 is 17.6 Å². The molecule has 0 saturated heterocycles. The average Bonchev–Trinajstić information content (AvgIpc) is 2.36. The Kier molecular flexibility index (Phi) is 3.57. The van der Waals surface area contributed by atoms with E-state index >= 15 is 0 Å². The Hall–Kier alpha value is -2.24. The maximum absolute atomic E-state index is 13.4. The van der Waals surface area contributed by atoms with Crippen molar-refractivity contribution in [1.82, 2.24) is 0 Å². The number of hydrogen-bond donors (Lipinski definition) is 2. The van der Waals surface area contributed by atoms with E-state index in [0.717, 1.165) is 6.07 Å². The molecule has 106 valence electrons. The third kappa shape index (κ3) is 2.84. The summed E-state index contributed by atoms with van der Waals surface area (Å²) in [6.45, 7) is 1.54. The Bertz CT molecular complexity index is 636. The summed E-state index contributed by atoms with van der Waals surface area (Å²) >= 11 is 0. The van der Waals surface area contributed by atoms with E-state index in [2.05, 4.69) is 5.32 Å². The van der Waals surface area contributed by atoms with E-state index < -0.39 is 17.6 Å². The molecule has 2 rings (SSSR count). The molecule has 0 amide bonds. The van der Waals surface area contributed by atoms with E-state index in [1.165, 1.54) is 24.3 Å². The van der Waals surface area contributed by atoms with Crippen LogP contribution < -0.4 is 11.1 Å². The zero-order valence-corrected chi connectivity index (χ0v) is 10.6. The van der Waals surface area contributed by atoms with E-state index in [1.54, 1.807) is 13.0 Å². The van der Waals surface area contributed by atoms with Gasteiger partial charge >= 0.3 is 6.18 Å². The van der Waals surface area contributed by atoms with Crippen LogP contribution in [0.15, 0.2) is 36.4 Å². The van der Waals surface area contributed by atoms with Gasteiger partial charge in [-0.2, -0.15) is 13.2 Å². The summed E-state index contributed by atoms with van der Waals surface area (Å²) in [5.74, 6) is -0.429. The third-order valence-electron chi connectivity index (χ3n) is 2.91. The standard InChI is InChI=1S/C14H12F4N2/c1-8-11(15)3-2-4-13(8)20-9-5-6-12(19)10(7-9)14(16,17)18/h2-7,20H,19H2,1H3. The monoisotopic (exact) mass is 284 g/mol. The van der Waals surface area contributed by atoms with Crippen molar-refractivity contribution in [2.75, 3.05) is 11.1 Å². The van der Waals surface area contributed by atoms with Crippen LogP contribution in [0.4, 0.5) is 34.6 Å². The topological polar surface area (TPSA) is 38.0 Å². The highest BCUT2D eigenvalue weighted by Gasteiger charge is 2.33. The van der Waals surface area contributed by atoms with Gasteiger partial charge in [-0.3, -0.25) is 0 Å². The lowest BCUT2D eigenvalue weighted by Gasteiger charge is -2.14. The van der Waals surface area contributed by atoms with Gasteiger partial charge in [-0.25, -0.2) is 4.39 Å². The highest BCUT2D eigenvalue weighted by atomic mass is 19.4. The molecule has 20 heavy (non-hydrogen) atoms. The van der Waals surface area contributed by atoms with Crippen molar-refractivity contribution in [3.8, 4) is 0 Å². The molecule has 2 nitrogen and oxygen atoms in total. The quantitative estimate of drug-likeness (QED) is 0.630. The van der Waals surface area contributed by atoms with Crippen LogP contribution in [0.5, 0.6) is 0 Å². The molecule has 0 aliphatic heterocycles. The van der Waals surface area contributed by atoms with Crippen LogP contribution >= 0.6 is 0 Å². The maximum Gasteiger partial charge on any atom is 0.418 e. The first-order valence-corrected chi connectivity index (χ1v) is 5.78. The van der Waals surface area contributed by atoms with Crippen molar-refractivity contribution in [3.05, 3.63) is 53.3 Å². The Labute approximate surface area is 113 Å². The first-order valence-electron chi connectivity index (χ1n) is 5.78. The van der Waals surface area contributed by atoms with Gasteiger partial charge in [-0.1, -0.05) is 6.07 Å². The van der Waals surface area contributed by atoms with Gasteiger partial charge in [0.25, 0.3) is 0 Å². The molecule has 0 saturated carbocycles. The minimum Gasteiger partial charge on any atom is -0.398 e. The molecule has 0 aliphatic rings. The van der Waals surface area contributed by atoms with E-state index in [0.29, 0.717) is 11.3 Å². The molecular weight excluding hydrogens is 272 g/mol. The fourth-order valence-electron chi connectivity index (χ4n) is 1.78. The molecule has 0 unspecified atom stereocenters. The van der Waals surface area contributed by atoms with E-state index in [9.17, 15) is 17.6 Å². The van der Waals surface area contributed by atoms with Gasteiger partial charge in [-0.15, -0.1) is 0 Å². The minimum absolute atomic E-state index is 0.195. The highest BCUT2D eigenvalue weighted by molar-refractivity contribution is 5.67. The van der Waals surface area contributed by atoms with Crippen molar-refractivity contribution in [2.45, 2.75) is 13.1 Å². The Balaban J connectivity index is 2.38. The number of alkyl halides is 3. The normalized spacial score (nSPS) is 11.4. The molecule has 0 bridgehead atoms. The predicted octanol–water partition coefficient (Wildman–Crippen LogP) is 4.48. The maximum atomic E-state index is 13.4. The van der Waals surface area contributed by atoms with E-state index in [-0.39, 0.29) is 11.4 Å². The molecule has 0 aromatic heterocycles. The van der Waals surface area contributed by atoms with Crippen LogP contribution in [-0.2, 0) is 6.18 Å². The molecule has 0 spiro atoms. The van der Waals surface area contributed by atoms with Crippen LogP contribution in [0.2, 0.25) is 0 Å². The number of halogens is 4. The van der Waals surface area contributed by atoms with Gasteiger partial charge in [0.05, 0.1) is 5.56 Å². The molecule has 0 atom stereocenters. The number of nitrogen functional groups attached to an aromatic ring is 1. The summed E-state index contributed by atoms with van der Waals surface area (Å²) in [5, 5.41) is 2.76. The lowest BCUT2D eigenvalue weighted by atomic mass is 10.1. The smallest absolute Gasteiger partial charge is 0.398 e. The summed E-state index contributed by atoms with van der Waals surface area (Å²) in [4.78, 5) is 0. The molecule has 0 radical (unpaired) electrons. The molecule has 3 N–H and O–H groups in total. The average molecular weight is 284 g/mol. The lowest BCUT2D eigenvalue weighted by Crippen LogP contribution is -2.09. The van der Waals surface area contributed by atoms with Crippen molar-refractivity contribution in [3.63, 3.8) is 0 Å². The van der Waals surface area contributed by atoms with Crippen molar-refractivity contribution in [2.24, 2.45) is 0 Å². The fourth-order valence-corrected chi connectivity index (χ4v) is 1.78. The number of hydrogen-bond acceptors (Lipinski definition) is 2. The Morgan fingerprint density at radius 2 is 1.80 bits per heavy atom. The molecule has 0 aliphatic carbocycles. The van der Waals surface area contributed by atoms with Crippen LogP contribution in [-0.4, -0.2) is 0 Å². The van der Waals surface area contributed by atoms with Crippen LogP contribution in [0, 0.1) is 12.7 Å². The van der Waals surface area contributed by atoms with Crippen molar-refractivity contribution >= 4 is 17.1 Å². The predicted molar refractivity (Wildman–Crippen MR) is 70.3 cm³/mol. The summed E-state index contributed by atoms with van der Waals surface area (Å²) in [7, 11) is 0. The van der Waals surface area contributed by atoms with Gasteiger partial charge in [0, 0.05) is 22.6 Å². The molecule has 2 aromatic carbocycles. The highest BCUT2D eigenvalue weighted by Crippen LogP contribution is 2.36. The fraction of sp³-hybridized carbons (Fsp3) is 0.143. The number of nitrogens with one attached hydrogen (secondary N) is 1. The largest absolute Gasteiger partial charge is 0.418 e.